The van der Waals surface area contributed by atoms with E-state index in [-0.39, 0.29) is 6.29 Å². The molecule has 17 heavy (non-hydrogen) atoms. The number of nitrogens with zero attached hydrogens (tertiary/aromatic N) is 3. The van der Waals surface area contributed by atoms with Gasteiger partial charge in [0.25, 0.3) is 0 Å². The molecule has 0 bridgehead atoms. The van der Waals surface area contributed by atoms with Gasteiger partial charge in [0.05, 0.1) is 25.5 Å². The third-order valence-electron chi connectivity index (χ3n) is 2.71. The van der Waals surface area contributed by atoms with Crippen molar-refractivity contribution in [3.8, 4) is 11.3 Å². The summed E-state index contributed by atoms with van der Waals surface area (Å²) in [6.45, 7) is 1.94. The molecule has 0 N–H and O–H groups in total. The zero-order valence-electron chi connectivity index (χ0n) is 9.32. The number of hydrogen-bond donors (Lipinski definition) is 0. The van der Waals surface area contributed by atoms with Gasteiger partial charge in [0.15, 0.2) is 6.29 Å². The summed E-state index contributed by atoms with van der Waals surface area (Å²) in [7, 11) is 0. The number of hydrogen-bond acceptors (Lipinski definition) is 4. The second-order valence-electron chi connectivity index (χ2n) is 3.81. The Morgan fingerprint density at radius 2 is 1.88 bits per heavy atom. The van der Waals surface area contributed by atoms with Gasteiger partial charge in [-0.05, 0) is 18.2 Å². The van der Waals surface area contributed by atoms with Gasteiger partial charge >= 0.3 is 0 Å². The van der Waals surface area contributed by atoms with E-state index in [0.717, 1.165) is 11.3 Å². The van der Waals surface area contributed by atoms with Gasteiger partial charge in [0.2, 0.25) is 0 Å². The second-order valence-corrected chi connectivity index (χ2v) is 3.81. The quantitative estimate of drug-likeness (QED) is 0.799. The molecule has 5 heteroatoms. The Labute approximate surface area is 99.0 Å². The summed E-state index contributed by atoms with van der Waals surface area (Å²) in [6, 6.07) is 5.90. The maximum absolute atomic E-state index is 5.42. The van der Waals surface area contributed by atoms with E-state index in [4.69, 9.17) is 9.47 Å². The third kappa shape index (κ3) is 2.20. The van der Waals surface area contributed by atoms with Crippen molar-refractivity contribution < 1.29 is 9.47 Å². The van der Waals surface area contributed by atoms with Crippen molar-refractivity contribution in [2.75, 3.05) is 13.2 Å². The molecule has 2 aromatic heterocycles. The monoisotopic (exact) mass is 231 g/mol. The highest BCUT2D eigenvalue weighted by Gasteiger charge is 2.18. The molecule has 1 saturated heterocycles. The van der Waals surface area contributed by atoms with Crippen LogP contribution in [-0.4, -0.2) is 34.3 Å². The standard InChI is InChI=1S/C12H13N3O2/c1-4-13-5-2-10(1)11-3-6-14-15(11)9-12-16-7-8-17-12/h1-6,12H,7-9H2. The van der Waals surface area contributed by atoms with Crippen molar-refractivity contribution >= 4 is 0 Å². The van der Waals surface area contributed by atoms with Gasteiger partial charge in [-0.2, -0.15) is 5.10 Å². The number of rotatable bonds is 3. The van der Waals surface area contributed by atoms with E-state index in [9.17, 15) is 0 Å². The maximum atomic E-state index is 5.42. The molecule has 2 aromatic rings. The molecule has 0 aromatic carbocycles. The Bertz CT molecular complexity index is 478. The van der Waals surface area contributed by atoms with Crippen LogP contribution in [0.25, 0.3) is 11.3 Å². The first-order valence-corrected chi connectivity index (χ1v) is 5.59. The molecule has 3 rings (SSSR count). The van der Waals surface area contributed by atoms with E-state index < -0.39 is 0 Å². The number of aromatic nitrogens is 3. The van der Waals surface area contributed by atoms with E-state index in [2.05, 4.69) is 10.1 Å². The molecule has 1 aliphatic heterocycles. The van der Waals surface area contributed by atoms with E-state index in [0.29, 0.717) is 19.8 Å². The van der Waals surface area contributed by atoms with Crippen LogP contribution in [0.2, 0.25) is 0 Å². The molecule has 3 heterocycles. The Kier molecular flexibility index (Phi) is 2.85. The minimum Gasteiger partial charge on any atom is -0.348 e. The summed E-state index contributed by atoms with van der Waals surface area (Å²) in [5.74, 6) is 0. The molecule has 0 unspecified atom stereocenters. The minimum absolute atomic E-state index is 0.185. The molecule has 0 spiro atoms. The predicted octanol–water partition coefficient (Wildman–Crippen LogP) is 1.32. The van der Waals surface area contributed by atoms with Crippen LogP contribution < -0.4 is 0 Å². The van der Waals surface area contributed by atoms with Crippen molar-refractivity contribution in [2.24, 2.45) is 0 Å². The molecule has 1 aliphatic rings. The lowest BCUT2D eigenvalue weighted by molar-refractivity contribution is -0.0542. The first kappa shape index (κ1) is 10.4. The Morgan fingerprint density at radius 1 is 1.12 bits per heavy atom. The van der Waals surface area contributed by atoms with Crippen LogP contribution >= 0.6 is 0 Å². The van der Waals surface area contributed by atoms with E-state index in [1.54, 1.807) is 18.6 Å². The molecule has 0 aliphatic carbocycles. The van der Waals surface area contributed by atoms with Crippen LogP contribution in [0.15, 0.2) is 36.8 Å². The zero-order valence-corrected chi connectivity index (χ0v) is 9.32. The predicted molar refractivity (Wildman–Crippen MR) is 61.2 cm³/mol. The maximum Gasteiger partial charge on any atom is 0.177 e. The van der Waals surface area contributed by atoms with Crippen molar-refractivity contribution in [3.63, 3.8) is 0 Å². The zero-order chi connectivity index (χ0) is 11.5. The Balaban J connectivity index is 1.84. The van der Waals surface area contributed by atoms with Crippen LogP contribution in [0, 0.1) is 0 Å². The summed E-state index contributed by atoms with van der Waals surface area (Å²) in [4.78, 5) is 4.01. The van der Waals surface area contributed by atoms with Crippen LogP contribution in [-0.2, 0) is 16.0 Å². The van der Waals surface area contributed by atoms with Gasteiger partial charge in [-0.25, -0.2) is 0 Å². The number of pyridine rings is 1. The summed E-state index contributed by atoms with van der Waals surface area (Å²) in [6.07, 6.45) is 5.14. The average molecular weight is 231 g/mol. The molecule has 0 radical (unpaired) electrons. The number of ether oxygens (including phenoxy) is 2. The van der Waals surface area contributed by atoms with Crippen molar-refractivity contribution in [3.05, 3.63) is 36.8 Å². The summed E-state index contributed by atoms with van der Waals surface area (Å²) < 4.78 is 12.7. The van der Waals surface area contributed by atoms with E-state index >= 15 is 0 Å². The average Bonchev–Trinajstić information content (AvgIpc) is 3.02. The topological polar surface area (TPSA) is 49.2 Å². The molecular weight excluding hydrogens is 218 g/mol. The SMILES string of the molecule is c1cc(-c2ccnn2CC2OCCO2)ccn1. The largest absolute Gasteiger partial charge is 0.348 e. The summed E-state index contributed by atoms with van der Waals surface area (Å²) in [5, 5.41) is 4.29. The Hall–Kier alpha value is -1.72. The lowest BCUT2D eigenvalue weighted by Gasteiger charge is -2.11. The van der Waals surface area contributed by atoms with Crippen LogP contribution in [0.5, 0.6) is 0 Å². The first-order valence-electron chi connectivity index (χ1n) is 5.59. The summed E-state index contributed by atoms with van der Waals surface area (Å²) in [5.41, 5.74) is 2.14. The Morgan fingerprint density at radius 3 is 2.65 bits per heavy atom. The van der Waals surface area contributed by atoms with E-state index in [1.165, 1.54) is 0 Å². The highest BCUT2D eigenvalue weighted by molar-refractivity contribution is 5.58. The van der Waals surface area contributed by atoms with Gasteiger partial charge in [-0.1, -0.05) is 0 Å². The van der Waals surface area contributed by atoms with Gasteiger partial charge in [0, 0.05) is 24.2 Å². The molecule has 88 valence electrons. The fourth-order valence-electron chi connectivity index (χ4n) is 1.90. The highest BCUT2D eigenvalue weighted by atomic mass is 16.7. The molecule has 1 fully saturated rings. The first-order chi connectivity index (χ1) is 8.43. The molecule has 5 nitrogen and oxygen atoms in total. The van der Waals surface area contributed by atoms with Crippen LogP contribution in [0.4, 0.5) is 0 Å². The molecule has 0 saturated carbocycles. The lowest BCUT2D eigenvalue weighted by Crippen LogP contribution is -2.18. The van der Waals surface area contributed by atoms with Gasteiger partial charge in [-0.3, -0.25) is 9.67 Å². The minimum atomic E-state index is -0.185. The third-order valence-corrected chi connectivity index (χ3v) is 2.71. The van der Waals surface area contributed by atoms with Crippen LogP contribution in [0.3, 0.4) is 0 Å². The lowest BCUT2D eigenvalue weighted by atomic mass is 10.2. The van der Waals surface area contributed by atoms with Crippen molar-refractivity contribution in [1.82, 2.24) is 14.8 Å². The molecule has 0 atom stereocenters. The fraction of sp³-hybridized carbons (Fsp3) is 0.333. The van der Waals surface area contributed by atoms with Crippen molar-refractivity contribution in [1.29, 1.82) is 0 Å². The second kappa shape index (κ2) is 4.65. The molecular formula is C12H13N3O2. The highest BCUT2D eigenvalue weighted by Crippen LogP contribution is 2.19. The normalized spacial score (nSPS) is 16.5. The fourth-order valence-corrected chi connectivity index (χ4v) is 1.90. The van der Waals surface area contributed by atoms with Crippen molar-refractivity contribution in [2.45, 2.75) is 12.8 Å². The van der Waals surface area contributed by atoms with Gasteiger partial charge in [-0.15, -0.1) is 0 Å². The summed E-state index contributed by atoms with van der Waals surface area (Å²) >= 11 is 0. The van der Waals surface area contributed by atoms with Gasteiger partial charge in [0.1, 0.15) is 0 Å². The van der Waals surface area contributed by atoms with Gasteiger partial charge < -0.3 is 9.47 Å². The van der Waals surface area contributed by atoms with E-state index in [1.807, 2.05) is 22.9 Å². The van der Waals surface area contributed by atoms with Crippen LogP contribution in [0.1, 0.15) is 0 Å². The molecule has 0 amide bonds. The smallest absolute Gasteiger partial charge is 0.177 e.